The lowest BCUT2D eigenvalue weighted by Gasteiger charge is -2.32. The summed E-state index contributed by atoms with van der Waals surface area (Å²) in [6.07, 6.45) is 3.17. The number of nitrogens with one attached hydrogen (secondary N) is 2. The fourth-order valence-electron chi connectivity index (χ4n) is 4.00. The third-order valence-corrected chi connectivity index (χ3v) is 5.50. The van der Waals surface area contributed by atoms with Crippen molar-refractivity contribution in [3.05, 3.63) is 39.3 Å². The van der Waals surface area contributed by atoms with E-state index in [0.717, 1.165) is 49.3 Å². The van der Waals surface area contributed by atoms with Crippen molar-refractivity contribution in [3.8, 4) is 0 Å². The molecule has 1 aliphatic rings. The summed E-state index contributed by atoms with van der Waals surface area (Å²) in [5.41, 5.74) is 2.29. The van der Waals surface area contributed by atoms with E-state index < -0.39 is 0 Å². The van der Waals surface area contributed by atoms with Gasteiger partial charge in [0.2, 0.25) is 0 Å². The second kappa shape index (κ2) is 7.39. The molecule has 0 aliphatic carbocycles. The van der Waals surface area contributed by atoms with Gasteiger partial charge in [0.25, 0.3) is 5.56 Å². The molecule has 7 heteroatoms. The number of likely N-dealkylation sites (tertiary alicyclic amines) is 1. The summed E-state index contributed by atoms with van der Waals surface area (Å²) in [4.78, 5) is 18.0. The van der Waals surface area contributed by atoms with Gasteiger partial charge in [-0.15, -0.1) is 0 Å². The molecule has 6 nitrogen and oxygen atoms in total. The number of H-pyrrole nitrogens is 2. The van der Waals surface area contributed by atoms with Crippen LogP contribution in [0, 0.1) is 5.92 Å². The molecule has 1 unspecified atom stereocenters. The van der Waals surface area contributed by atoms with E-state index in [4.69, 9.17) is 16.3 Å². The van der Waals surface area contributed by atoms with Gasteiger partial charge in [0.05, 0.1) is 17.5 Å². The first-order valence-electron chi connectivity index (χ1n) is 9.05. The molecule has 0 radical (unpaired) electrons. The van der Waals surface area contributed by atoms with Crippen LogP contribution in [-0.2, 0) is 11.2 Å². The largest absolute Gasteiger partial charge is 0.383 e. The fourth-order valence-corrected chi connectivity index (χ4v) is 4.17. The van der Waals surface area contributed by atoms with Crippen LogP contribution in [0.5, 0.6) is 0 Å². The second-order valence-electron chi connectivity index (χ2n) is 7.08. The van der Waals surface area contributed by atoms with Crippen LogP contribution in [0.1, 0.15) is 18.5 Å². The van der Waals surface area contributed by atoms with E-state index in [9.17, 15) is 4.79 Å². The van der Waals surface area contributed by atoms with E-state index in [1.807, 2.05) is 12.1 Å². The number of rotatable bonds is 5. The van der Waals surface area contributed by atoms with Crippen molar-refractivity contribution in [1.82, 2.24) is 20.1 Å². The van der Waals surface area contributed by atoms with E-state index in [1.165, 1.54) is 12.8 Å². The number of hydrogen-bond acceptors (Lipinski definition) is 4. The van der Waals surface area contributed by atoms with Gasteiger partial charge in [0.1, 0.15) is 5.52 Å². The van der Waals surface area contributed by atoms with E-state index in [0.29, 0.717) is 21.8 Å². The molecule has 1 aromatic carbocycles. The van der Waals surface area contributed by atoms with Crippen molar-refractivity contribution in [2.24, 2.45) is 5.92 Å². The van der Waals surface area contributed by atoms with Crippen LogP contribution in [0.2, 0.25) is 5.02 Å². The van der Waals surface area contributed by atoms with Crippen LogP contribution in [0.3, 0.4) is 0 Å². The lowest BCUT2D eigenvalue weighted by atomic mass is 9.92. The van der Waals surface area contributed by atoms with Crippen molar-refractivity contribution in [1.29, 1.82) is 0 Å². The standard InChI is InChI=1S/C19H23ClN4O2/c1-26-8-7-24-6-2-3-12(11-24)9-16-17-18(23-22-16)14-10-13(20)4-5-15(14)21-19(17)25/h4-5,10,12H,2-3,6-9,11H2,1H3,(H,21,25)(H,22,23). The molecular weight excluding hydrogens is 352 g/mol. The highest BCUT2D eigenvalue weighted by atomic mass is 35.5. The van der Waals surface area contributed by atoms with Crippen LogP contribution in [0.4, 0.5) is 0 Å². The zero-order valence-electron chi connectivity index (χ0n) is 14.8. The predicted octanol–water partition coefficient (Wildman–Crippen LogP) is 2.96. The Morgan fingerprint density at radius 3 is 3.15 bits per heavy atom. The Labute approximate surface area is 156 Å². The monoisotopic (exact) mass is 374 g/mol. The third-order valence-electron chi connectivity index (χ3n) is 5.26. The zero-order chi connectivity index (χ0) is 18.1. The molecule has 0 amide bonds. The Morgan fingerprint density at radius 2 is 2.31 bits per heavy atom. The van der Waals surface area contributed by atoms with Gasteiger partial charge >= 0.3 is 0 Å². The smallest absolute Gasteiger partial charge is 0.259 e. The first-order chi connectivity index (χ1) is 12.7. The molecule has 1 aliphatic heterocycles. The SMILES string of the molecule is COCCN1CCCC(Cc2[nH]nc3c2c(=O)[nH]c2ccc(Cl)cc23)C1. The number of aromatic nitrogens is 3. The minimum Gasteiger partial charge on any atom is -0.383 e. The Bertz CT molecular complexity index is 981. The Kier molecular flexibility index (Phi) is 4.98. The highest BCUT2D eigenvalue weighted by molar-refractivity contribution is 6.31. The first-order valence-corrected chi connectivity index (χ1v) is 9.43. The van der Waals surface area contributed by atoms with Crippen LogP contribution in [-0.4, -0.2) is 53.4 Å². The van der Waals surface area contributed by atoms with Gasteiger partial charge in [-0.1, -0.05) is 11.6 Å². The summed E-state index contributed by atoms with van der Waals surface area (Å²) in [5.74, 6) is 0.513. The predicted molar refractivity (Wildman–Crippen MR) is 104 cm³/mol. The number of pyridine rings is 1. The molecule has 4 rings (SSSR count). The summed E-state index contributed by atoms with van der Waals surface area (Å²) in [5, 5.41) is 9.73. The van der Waals surface area contributed by atoms with Gasteiger partial charge in [-0.2, -0.15) is 5.10 Å². The fraction of sp³-hybridized carbons (Fsp3) is 0.474. The van der Waals surface area contributed by atoms with Crippen molar-refractivity contribution in [2.45, 2.75) is 19.3 Å². The number of ether oxygens (including phenoxy) is 1. The summed E-state index contributed by atoms with van der Waals surface area (Å²) >= 11 is 6.13. The number of benzene rings is 1. The third kappa shape index (κ3) is 3.37. The average Bonchev–Trinajstić information content (AvgIpc) is 3.06. The number of halogens is 1. The molecule has 2 aromatic heterocycles. The average molecular weight is 375 g/mol. The van der Waals surface area contributed by atoms with E-state index >= 15 is 0 Å². The number of nitrogens with zero attached hydrogens (tertiary/aromatic N) is 2. The maximum Gasteiger partial charge on any atom is 0.259 e. The lowest BCUT2D eigenvalue weighted by molar-refractivity contribution is 0.114. The molecular formula is C19H23ClN4O2. The van der Waals surface area contributed by atoms with E-state index in [-0.39, 0.29) is 5.56 Å². The van der Waals surface area contributed by atoms with Crippen LogP contribution < -0.4 is 5.56 Å². The number of fused-ring (bicyclic) bond motifs is 3. The van der Waals surface area contributed by atoms with Gasteiger partial charge in [-0.05, 0) is 49.9 Å². The zero-order valence-corrected chi connectivity index (χ0v) is 15.6. The van der Waals surface area contributed by atoms with Crippen LogP contribution >= 0.6 is 11.6 Å². The molecule has 1 fully saturated rings. The van der Waals surface area contributed by atoms with Gasteiger partial charge < -0.3 is 14.6 Å². The summed E-state index contributed by atoms with van der Waals surface area (Å²) in [6, 6.07) is 5.45. The number of hydrogen-bond donors (Lipinski definition) is 2. The Hall–Kier alpha value is -1.89. The van der Waals surface area contributed by atoms with Crippen molar-refractivity contribution in [2.75, 3.05) is 33.4 Å². The molecule has 26 heavy (non-hydrogen) atoms. The highest BCUT2D eigenvalue weighted by Gasteiger charge is 2.22. The summed E-state index contributed by atoms with van der Waals surface area (Å²) in [6.45, 7) is 3.86. The minimum atomic E-state index is -0.0920. The molecule has 1 atom stereocenters. The number of aromatic amines is 2. The molecule has 3 aromatic rings. The Balaban J connectivity index is 1.64. The van der Waals surface area contributed by atoms with Gasteiger partial charge in [-0.3, -0.25) is 9.89 Å². The molecule has 138 valence electrons. The molecule has 0 saturated carbocycles. The second-order valence-corrected chi connectivity index (χ2v) is 7.51. The summed E-state index contributed by atoms with van der Waals surface area (Å²) < 4.78 is 5.20. The Morgan fingerprint density at radius 1 is 1.42 bits per heavy atom. The number of piperidine rings is 1. The number of methoxy groups -OCH3 is 1. The van der Waals surface area contributed by atoms with Gasteiger partial charge in [0.15, 0.2) is 0 Å². The van der Waals surface area contributed by atoms with Crippen molar-refractivity contribution in [3.63, 3.8) is 0 Å². The van der Waals surface area contributed by atoms with Gasteiger partial charge in [0, 0.05) is 36.3 Å². The lowest BCUT2D eigenvalue weighted by Crippen LogP contribution is -2.38. The van der Waals surface area contributed by atoms with E-state index in [1.54, 1.807) is 13.2 Å². The van der Waals surface area contributed by atoms with Crippen LogP contribution in [0.15, 0.2) is 23.0 Å². The molecule has 1 saturated heterocycles. The molecule has 0 bridgehead atoms. The van der Waals surface area contributed by atoms with Crippen LogP contribution in [0.25, 0.3) is 21.8 Å². The van der Waals surface area contributed by atoms with Crippen molar-refractivity contribution < 1.29 is 4.74 Å². The summed E-state index contributed by atoms with van der Waals surface area (Å²) in [7, 11) is 1.74. The topological polar surface area (TPSA) is 74.0 Å². The maximum atomic E-state index is 12.6. The first kappa shape index (κ1) is 17.5. The molecule has 3 heterocycles. The minimum absolute atomic E-state index is 0.0920. The highest BCUT2D eigenvalue weighted by Crippen LogP contribution is 2.27. The molecule has 0 spiro atoms. The van der Waals surface area contributed by atoms with E-state index in [2.05, 4.69) is 20.1 Å². The normalized spacial score (nSPS) is 18.8. The molecule has 2 N–H and O–H groups in total. The quantitative estimate of drug-likeness (QED) is 0.720. The van der Waals surface area contributed by atoms with Crippen molar-refractivity contribution >= 4 is 33.4 Å². The maximum absolute atomic E-state index is 12.6. The van der Waals surface area contributed by atoms with Gasteiger partial charge in [-0.25, -0.2) is 0 Å².